The van der Waals surface area contributed by atoms with Gasteiger partial charge in [-0.1, -0.05) is 6.92 Å². The first-order chi connectivity index (χ1) is 9.81. The van der Waals surface area contributed by atoms with Gasteiger partial charge in [0.05, 0.1) is 30.4 Å². The van der Waals surface area contributed by atoms with Crippen LogP contribution in [-0.2, 0) is 9.47 Å². The van der Waals surface area contributed by atoms with E-state index in [1.54, 1.807) is 14.2 Å². The molecule has 0 amide bonds. The van der Waals surface area contributed by atoms with Gasteiger partial charge in [0.15, 0.2) is 0 Å². The lowest BCUT2D eigenvalue weighted by Gasteiger charge is -2.24. The summed E-state index contributed by atoms with van der Waals surface area (Å²) in [5, 5.41) is 3.37. The summed E-state index contributed by atoms with van der Waals surface area (Å²) in [4.78, 5) is 6.60. The van der Waals surface area contributed by atoms with E-state index in [4.69, 9.17) is 9.47 Å². The van der Waals surface area contributed by atoms with Crippen LogP contribution < -0.4 is 10.2 Å². The molecule has 1 N–H and O–H groups in total. The molecule has 5 heteroatoms. The first-order valence-electron chi connectivity index (χ1n) is 7.23. The van der Waals surface area contributed by atoms with Gasteiger partial charge in [-0.05, 0) is 18.9 Å². The highest BCUT2D eigenvalue weighted by atomic mass is 16.5. The fourth-order valence-corrected chi connectivity index (χ4v) is 1.94. The zero-order valence-corrected chi connectivity index (χ0v) is 12.9. The van der Waals surface area contributed by atoms with Gasteiger partial charge in [0, 0.05) is 40.5 Å². The van der Waals surface area contributed by atoms with Crippen LogP contribution in [0.3, 0.4) is 0 Å². The molecule has 0 aliphatic heterocycles. The predicted molar refractivity (Wildman–Crippen MR) is 83.6 cm³/mol. The van der Waals surface area contributed by atoms with Gasteiger partial charge in [0.25, 0.3) is 0 Å². The molecule has 114 valence electrons. The molecule has 1 rings (SSSR count). The Morgan fingerprint density at radius 2 is 1.95 bits per heavy atom. The molecule has 0 saturated heterocycles. The van der Waals surface area contributed by atoms with E-state index in [-0.39, 0.29) is 0 Å². The van der Waals surface area contributed by atoms with E-state index in [2.05, 4.69) is 28.2 Å². The van der Waals surface area contributed by atoms with Crippen LogP contribution in [0.1, 0.15) is 19.8 Å². The van der Waals surface area contributed by atoms with E-state index >= 15 is 0 Å². The van der Waals surface area contributed by atoms with Crippen molar-refractivity contribution in [2.24, 2.45) is 0 Å². The van der Waals surface area contributed by atoms with Gasteiger partial charge in [-0.15, -0.1) is 0 Å². The minimum absolute atomic E-state index is 0.708. The fraction of sp³-hybridized carbons (Fsp3) is 0.667. The van der Waals surface area contributed by atoms with Crippen molar-refractivity contribution >= 4 is 11.4 Å². The van der Waals surface area contributed by atoms with Crippen LogP contribution in [0.2, 0.25) is 0 Å². The monoisotopic (exact) mass is 281 g/mol. The van der Waals surface area contributed by atoms with Crippen molar-refractivity contribution in [3.05, 3.63) is 18.5 Å². The summed E-state index contributed by atoms with van der Waals surface area (Å²) in [6, 6.07) is 2.14. The summed E-state index contributed by atoms with van der Waals surface area (Å²) >= 11 is 0. The second-order valence-electron chi connectivity index (χ2n) is 4.68. The highest BCUT2D eigenvalue weighted by Crippen LogP contribution is 2.18. The summed E-state index contributed by atoms with van der Waals surface area (Å²) < 4.78 is 10.3. The second kappa shape index (κ2) is 10.5. The maximum atomic E-state index is 5.19. The van der Waals surface area contributed by atoms with Crippen molar-refractivity contribution in [2.75, 3.05) is 57.3 Å². The molecule has 1 heterocycles. The number of hydrogen-bond acceptors (Lipinski definition) is 5. The highest BCUT2D eigenvalue weighted by molar-refractivity contribution is 5.55. The molecule has 0 saturated carbocycles. The highest BCUT2D eigenvalue weighted by Gasteiger charge is 2.07. The number of ether oxygens (including phenoxy) is 2. The molecule has 0 bridgehead atoms. The van der Waals surface area contributed by atoms with Crippen molar-refractivity contribution in [1.29, 1.82) is 0 Å². The largest absolute Gasteiger partial charge is 0.385 e. The quantitative estimate of drug-likeness (QED) is 0.631. The van der Waals surface area contributed by atoms with E-state index in [1.807, 2.05) is 12.4 Å². The van der Waals surface area contributed by atoms with Crippen LogP contribution in [-0.4, -0.2) is 52.1 Å². The third-order valence-electron chi connectivity index (χ3n) is 3.01. The van der Waals surface area contributed by atoms with E-state index in [0.29, 0.717) is 6.61 Å². The molecule has 20 heavy (non-hydrogen) atoms. The van der Waals surface area contributed by atoms with Gasteiger partial charge in [-0.25, -0.2) is 0 Å². The summed E-state index contributed by atoms with van der Waals surface area (Å²) in [5.74, 6) is 0. The Labute approximate surface area is 122 Å². The summed E-state index contributed by atoms with van der Waals surface area (Å²) in [7, 11) is 3.46. The van der Waals surface area contributed by atoms with Crippen LogP contribution in [0.4, 0.5) is 11.4 Å². The number of hydrogen-bond donors (Lipinski definition) is 1. The van der Waals surface area contributed by atoms with Crippen LogP contribution in [0.25, 0.3) is 0 Å². The Bertz CT molecular complexity index is 361. The number of nitrogens with zero attached hydrogens (tertiary/aromatic N) is 2. The lowest BCUT2D eigenvalue weighted by Crippen LogP contribution is -2.29. The first-order valence-corrected chi connectivity index (χ1v) is 7.23. The van der Waals surface area contributed by atoms with Crippen LogP contribution in [0, 0.1) is 0 Å². The number of nitrogens with one attached hydrogen (secondary N) is 1. The zero-order chi connectivity index (χ0) is 14.6. The maximum absolute atomic E-state index is 5.19. The smallest absolute Gasteiger partial charge is 0.0637 e. The molecule has 0 radical (unpaired) electrons. The van der Waals surface area contributed by atoms with Gasteiger partial charge in [0.1, 0.15) is 0 Å². The van der Waals surface area contributed by atoms with E-state index in [1.165, 1.54) is 0 Å². The van der Waals surface area contributed by atoms with Crippen molar-refractivity contribution in [2.45, 2.75) is 19.8 Å². The molecule has 0 spiro atoms. The normalized spacial score (nSPS) is 10.6. The summed E-state index contributed by atoms with van der Waals surface area (Å²) in [6.07, 6.45) is 5.86. The lowest BCUT2D eigenvalue weighted by atomic mass is 10.3. The van der Waals surface area contributed by atoms with Crippen molar-refractivity contribution < 1.29 is 9.47 Å². The summed E-state index contributed by atoms with van der Waals surface area (Å²) in [6.45, 7) is 6.40. The Kier molecular flexibility index (Phi) is 8.74. The number of pyridine rings is 1. The molecule has 0 unspecified atom stereocenters. The van der Waals surface area contributed by atoms with Gasteiger partial charge in [-0.2, -0.15) is 0 Å². The number of methoxy groups -OCH3 is 2. The van der Waals surface area contributed by atoms with Crippen molar-refractivity contribution in [3.8, 4) is 0 Å². The van der Waals surface area contributed by atoms with Gasteiger partial charge in [0.2, 0.25) is 0 Å². The molecule has 0 aromatic carbocycles. The lowest BCUT2D eigenvalue weighted by molar-refractivity contribution is 0.191. The number of aromatic nitrogens is 1. The topological polar surface area (TPSA) is 46.6 Å². The number of anilines is 2. The van der Waals surface area contributed by atoms with E-state index < -0.39 is 0 Å². The summed E-state index contributed by atoms with van der Waals surface area (Å²) in [5.41, 5.74) is 2.19. The van der Waals surface area contributed by atoms with Crippen LogP contribution in [0.15, 0.2) is 18.5 Å². The van der Waals surface area contributed by atoms with Gasteiger partial charge in [-0.3, -0.25) is 4.98 Å². The Morgan fingerprint density at radius 1 is 1.15 bits per heavy atom. The Balaban J connectivity index is 2.66. The third-order valence-corrected chi connectivity index (χ3v) is 3.01. The van der Waals surface area contributed by atoms with E-state index in [0.717, 1.165) is 50.5 Å². The third kappa shape index (κ3) is 6.21. The van der Waals surface area contributed by atoms with Crippen LogP contribution >= 0.6 is 0 Å². The molecule has 0 atom stereocenters. The molecule has 1 aromatic rings. The maximum Gasteiger partial charge on any atom is 0.0637 e. The fourth-order valence-electron chi connectivity index (χ4n) is 1.94. The van der Waals surface area contributed by atoms with Crippen LogP contribution in [0.5, 0.6) is 0 Å². The average molecular weight is 281 g/mol. The molecule has 0 aliphatic rings. The molecular formula is C15H27N3O2. The SMILES string of the molecule is CCCNc1cncc(N(CCCOC)CCOC)c1. The van der Waals surface area contributed by atoms with Gasteiger partial charge < -0.3 is 19.7 Å². The molecule has 5 nitrogen and oxygen atoms in total. The van der Waals surface area contributed by atoms with Crippen molar-refractivity contribution in [1.82, 2.24) is 4.98 Å². The molecule has 0 aliphatic carbocycles. The Hall–Kier alpha value is -1.33. The molecule has 1 aromatic heterocycles. The first kappa shape index (κ1) is 16.7. The predicted octanol–water partition coefficient (Wildman–Crippen LogP) is 2.39. The second-order valence-corrected chi connectivity index (χ2v) is 4.68. The minimum Gasteiger partial charge on any atom is -0.385 e. The number of rotatable bonds is 11. The van der Waals surface area contributed by atoms with E-state index in [9.17, 15) is 0 Å². The molecule has 0 fully saturated rings. The standard InChI is InChI=1S/C15H27N3O2/c1-4-6-17-14-11-15(13-16-12-14)18(8-10-20-3)7-5-9-19-2/h11-13,17H,4-10H2,1-3H3. The minimum atomic E-state index is 0.708. The zero-order valence-electron chi connectivity index (χ0n) is 12.9. The average Bonchev–Trinajstić information content (AvgIpc) is 2.49. The Morgan fingerprint density at radius 3 is 2.65 bits per heavy atom. The van der Waals surface area contributed by atoms with Gasteiger partial charge >= 0.3 is 0 Å². The van der Waals surface area contributed by atoms with Crippen molar-refractivity contribution in [3.63, 3.8) is 0 Å². The molecular weight excluding hydrogens is 254 g/mol.